The molecule has 0 radical (unpaired) electrons. The molecular weight excluding hydrogens is 297 g/mol. The molecule has 2 aromatic carbocycles. The molecule has 4 nitrogen and oxygen atoms in total. The fraction of sp³-hybridized carbons (Fsp3) is 0.111. The second-order valence-electron chi connectivity index (χ2n) is 5.39. The van der Waals surface area contributed by atoms with Crippen molar-refractivity contribution in [2.24, 2.45) is 0 Å². The van der Waals surface area contributed by atoms with E-state index in [1.54, 1.807) is 30.3 Å². The number of halogens is 1. The van der Waals surface area contributed by atoms with Crippen LogP contribution < -0.4 is 5.32 Å². The quantitative estimate of drug-likeness (QED) is 0.509. The standard InChI is InChI=1S/C18H14FNO3/c1-10-6-8-11(9-7-10)16(21)14-15(20-18(23)17(14)22)12-4-2-3-5-13(12)19/h2-9,15,21H,1H3,(H,20,23)/b16-14+/t15-/m0/s1. The molecule has 1 aliphatic heterocycles. The third-order valence-electron chi connectivity index (χ3n) is 3.81. The largest absolute Gasteiger partial charge is 0.507 e. The normalized spacial score (nSPS) is 19.7. The summed E-state index contributed by atoms with van der Waals surface area (Å²) in [5.74, 6) is -2.58. The van der Waals surface area contributed by atoms with Crippen LogP contribution in [0, 0.1) is 12.7 Å². The Morgan fingerprint density at radius 3 is 2.39 bits per heavy atom. The molecule has 0 unspecified atom stereocenters. The SMILES string of the molecule is Cc1ccc(/C(O)=C2\C(=O)C(=O)N[C@H]2c2ccccc2F)cc1. The lowest BCUT2D eigenvalue weighted by molar-refractivity contribution is -0.133. The molecule has 0 aromatic heterocycles. The van der Waals surface area contributed by atoms with E-state index < -0.39 is 23.5 Å². The molecule has 1 atom stereocenters. The fourth-order valence-corrected chi connectivity index (χ4v) is 2.58. The Bertz CT molecular complexity index is 824. The number of Topliss-reactive ketones (excluding diaryl/α,β-unsaturated/α-hetero) is 1. The van der Waals surface area contributed by atoms with Crippen molar-refractivity contribution in [1.29, 1.82) is 0 Å². The zero-order chi connectivity index (χ0) is 16.6. The van der Waals surface area contributed by atoms with Crippen molar-refractivity contribution in [3.05, 3.63) is 76.6 Å². The molecule has 1 saturated heterocycles. The van der Waals surface area contributed by atoms with Crippen LogP contribution in [0.25, 0.3) is 5.76 Å². The lowest BCUT2D eigenvalue weighted by atomic mass is 9.95. The van der Waals surface area contributed by atoms with Crippen LogP contribution in [0.5, 0.6) is 0 Å². The van der Waals surface area contributed by atoms with Crippen LogP contribution >= 0.6 is 0 Å². The van der Waals surface area contributed by atoms with Crippen LogP contribution in [0.15, 0.2) is 54.1 Å². The van der Waals surface area contributed by atoms with Gasteiger partial charge in [-0.05, 0) is 13.0 Å². The van der Waals surface area contributed by atoms with Crippen molar-refractivity contribution in [2.75, 3.05) is 0 Å². The maximum absolute atomic E-state index is 14.0. The molecule has 1 amide bonds. The number of hydrogen-bond acceptors (Lipinski definition) is 3. The van der Waals surface area contributed by atoms with E-state index >= 15 is 0 Å². The Morgan fingerprint density at radius 2 is 1.74 bits per heavy atom. The summed E-state index contributed by atoms with van der Waals surface area (Å²) < 4.78 is 14.0. The van der Waals surface area contributed by atoms with Crippen LogP contribution in [-0.4, -0.2) is 16.8 Å². The van der Waals surface area contributed by atoms with Crippen molar-refractivity contribution < 1.29 is 19.1 Å². The number of nitrogens with one attached hydrogen (secondary N) is 1. The number of aliphatic hydroxyl groups excluding tert-OH is 1. The number of ketones is 1. The van der Waals surface area contributed by atoms with Crippen molar-refractivity contribution in [2.45, 2.75) is 13.0 Å². The van der Waals surface area contributed by atoms with Crippen LogP contribution in [-0.2, 0) is 9.59 Å². The molecule has 3 rings (SSSR count). The van der Waals surface area contributed by atoms with E-state index in [0.29, 0.717) is 5.56 Å². The number of aryl methyl sites for hydroxylation is 1. The fourth-order valence-electron chi connectivity index (χ4n) is 2.58. The van der Waals surface area contributed by atoms with Gasteiger partial charge in [0.2, 0.25) is 0 Å². The topological polar surface area (TPSA) is 66.4 Å². The van der Waals surface area contributed by atoms with Crippen molar-refractivity contribution in [3.8, 4) is 0 Å². The monoisotopic (exact) mass is 311 g/mol. The molecule has 2 aromatic rings. The number of amides is 1. The molecule has 1 heterocycles. The molecule has 0 aliphatic carbocycles. The maximum atomic E-state index is 14.0. The molecule has 23 heavy (non-hydrogen) atoms. The molecular formula is C18H14FNO3. The van der Waals surface area contributed by atoms with Gasteiger partial charge in [0.05, 0.1) is 11.6 Å². The van der Waals surface area contributed by atoms with Gasteiger partial charge in [0, 0.05) is 11.1 Å². The minimum atomic E-state index is -1.00. The zero-order valence-corrected chi connectivity index (χ0v) is 12.3. The summed E-state index contributed by atoms with van der Waals surface area (Å²) in [5, 5.41) is 12.9. The average molecular weight is 311 g/mol. The Morgan fingerprint density at radius 1 is 1.09 bits per heavy atom. The van der Waals surface area contributed by atoms with Crippen molar-refractivity contribution >= 4 is 17.4 Å². The van der Waals surface area contributed by atoms with Crippen LogP contribution in [0.4, 0.5) is 4.39 Å². The third kappa shape index (κ3) is 2.61. The van der Waals surface area contributed by atoms with E-state index in [4.69, 9.17) is 0 Å². The third-order valence-corrected chi connectivity index (χ3v) is 3.81. The summed E-state index contributed by atoms with van der Waals surface area (Å²) in [5.41, 5.74) is 1.39. The van der Waals surface area contributed by atoms with E-state index in [1.165, 1.54) is 18.2 Å². The van der Waals surface area contributed by atoms with Gasteiger partial charge in [-0.2, -0.15) is 0 Å². The molecule has 5 heteroatoms. The highest BCUT2D eigenvalue weighted by molar-refractivity contribution is 6.46. The van der Waals surface area contributed by atoms with Gasteiger partial charge in [0.1, 0.15) is 11.6 Å². The van der Waals surface area contributed by atoms with Gasteiger partial charge in [0.15, 0.2) is 0 Å². The number of rotatable bonds is 2. The van der Waals surface area contributed by atoms with Gasteiger partial charge in [-0.1, -0.05) is 48.0 Å². The minimum absolute atomic E-state index is 0.135. The second-order valence-corrected chi connectivity index (χ2v) is 5.39. The highest BCUT2D eigenvalue weighted by Crippen LogP contribution is 2.33. The van der Waals surface area contributed by atoms with E-state index in [-0.39, 0.29) is 16.9 Å². The number of benzene rings is 2. The lowest BCUT2D eigenvalue weighted by Crippen LogP contribution is -2.21. The summed E-state index contributed by atoms with van der Waals surface area (Å²) in [6, 6.07) is 11.7. The first-order valence-corrected chi connectivity index (χ1v) is 7.09. The van der Waals surface area contributed by atoms with E-state index in [0.717, 1.165) is 5.56 Å². The summed E-state index contributed by atoms with van der Waals surface area (Å²) in [7, 11) is 0. The van der Waals surface area contributed by atoms with Crippen LogP contribution in [0.2, 0.25) is 0 Å². The molecule has 116 valence electrons. The second kappa shape index (κ2) is 5.68. The van der Waals surface area contributed by atoms with Gasteiger partial charge in [0.25, 0.3) is 11.7 Å². The summed E-state index contributed by atoms with van der Waals surface area (Å²) in [6.07, 6.45) is 0. The first-order valence-electron chi connectivity index (χ1n) is 7.09. The Hall–Kier alpha value is -2.95. The molecule has 0 bridgehead atoms. The van der Waals surface area contributed by atoms with Crippen LogP contribution in [0.3, 0.4) is 0 Å². The lowest BCUT2D eigenvalue weighted by Gasteiger charge is -2.14. The van der Waals surface area contributed by atoms with Crippen molar-refractivity contribution in [3.63, 3.8) is 0 Å². The van der Waals surface area contributed by atoms with E-state index in [2.05, 4.69) is 5.32 Å². The van der Waals surface area contributed by atoms with Gasteiger partial charge < -0.3 is 10.4 Å². The highest BCUT2D eigenvalue weighted by Gasteiger charge is 2.40. The summed E-state index contributed by atoms with van der Waals surface area (Å²) in [6.45, 7) is 1.89. The van der Waals surface area contributed by atoms with Crippen LogP contribution in [0.1, 0.15) is 22.7 Å². The smallest absolute Gasteiger partial charge is 0.293 e. The predicted octanol–water partition coefficient (Wildman–Crippen LogP) is 2.84. The number of hydrogen-bond donors (Lipinski definition) is 2. The van der Waals surface area contributed by atoms with Crippen molar-refractivity contribution in [1.82, 2.24) is 5.32 Å². The summed E-state index contributed by atoms with van der Waals surface area (Å²) >= 11 is 0. The maximum Gasteiger partial charge on any atom is 0.293 e. The van der Waals surface area contributed by atoms with Gasteiger partial charge in [-0.3, -0.25) is 9.59 Å². The number of carbonyl (C=O) groups is 2. The molecule has 1 fully saturated rings. The van der Waals surface area contributed by atoms with E-state index in [9.17, 15) is 19.1 Å². The zero-order valence-electron chi connectivity index (χ0n) is 12.3. The Labute approximate surface area is 132 Å². The minimum Gasteiger partial charge on any atom is -0.507 e. The summed E-state index contributed by atoms with van der Waals surface area (Å²) in [4.78, 5) is 23.9. The first-order chi connectivity index (χ1) is 11.0. The molecule has 2 N–H and O–H groups in total. The van der Waals surface area contributed by atoms with E-state index in [1.807, 2.05) is 6.92 Å². The van der Waals surface area contributed by atoms with Gasteiger partial charge in [-0.25, -0.2) is 4.39 Å². The van der Waals surface area contributed by atoms with Gasteiger partial charge >= 0.3 is 0 Å². The average Bonchev–Trinajstić information content (AvgIpc) is 2.83. The van der Waals surface area contributed by atoms with Gasteiger partial charge in [-0.15, -0.1) is 0 Å². The predicted molar refractivity (Wildman–Crippen MR) is 83.0 cm³/mol. The number of aliphatic hydroxyl groups is 1. The molecule has 1 aliphatic rings. The molecule has 0 spiro atoms. The first kappa shape index (κ1) is 15.0. The highest BCUT2D eigenvalue weighted by atomic mass is 19.1. The number of carbonyl (C=O) groups excluding carboxylic acids is 2. The Kier molecular flexibility index (Phi) is 3.70. The Balaban J connectivity index is 2.15. The molecule has 0 saturated carbocycles.